The van der Waals surface area contributed by atoms with Gasteiger partial charge in [-0.2, -0.15) is 0 Å². The van der Waals surface area contributed by atoms with Gasteiger partial charge >= 0.3 is 0 Å². The quantitative estimate of drug-likeness (QED) is 0.711. The van der Waals surface area contributed by atoms with Crippen LogP contribution in [0.25, 0.3) is 0 Å². The minimum atomic E-state index is 0.0336. The first-order chi connectivity index (χ1) is 8.79. The van der Waals surface area contributed by atoms with Gasteiger partial charge in [-0.3, -0.25) is 4.79 Å². The number of Topliss-reactive ketones (excluding diaryl/α,β-unsaturated/α-hetero) is 1. The number of benzene rings is 1. The number of carbonyl (C=O) groups excluding carboxylic acids is 1. The molecule has 0 fully saturated rings. The molecule has 0 N–H and O–H groups in total. The summed E-state index contributed by atoms with van der Waals surface area (Å²) >= 11 is 12.0. The van der Waals surface area contributed by atoms with E-state index in [1.165, 1.54) is 0 Å². The fourth-order valence-corrected chi connectivity index (χ4v) is 2.10. The Morgan fingerprint density at radius 2 is 1.95 bits per heavy atom. The number of nitrogens with zero attached hydrogens (tertiary/aromatic N) is 1. The Morgan fingerprint density at radius 1 is 1.32 bits per heavy atom. The van der Waals surface area contributed by atoms with Crippen LogP contribution in [0.15, 0.2) is 18.2 Å². The molecule has 0 aliphatic rings. The lowest BCUT2D eigenvalue weighted by Crippen LogP contribution is -2.41. The molecule has 1 aromatic carbocycles. The minimum Gasteiger partial charge on any atom is -0.301 e. The van der Waals surface area contributed by atoms with Gasteiger partial charge in [0.05, 0.1) is 10.0 Å². The average Bonchev–Trinajstić information content (AvgIpc) is 2.38. The lowest BCUT2D eigenvalue weighted by atomic mass is 9.99. The monoisotopic (exact) mass is 301 g/mol. The van der Waals surface area contributed by atoms with Gasteiger partial charge in [0, 0.05) is 24.1 Å². The molecule has 19 heavy (non-hydrogen) atoms. The Bertz CT molecular complexity index is 457. The van der Waals surface area contributed by atoms with Crippen LogP contribution in [0.3, 0.4) is 0 Å². The summed E-state index contributed by atoms with van der Waals surface area (Å²) in [5.74, 6) is 0.0336. The Hall–Kier alpha value is -0.570. The van der Waals surface area contributed by atoms with Gasteiger partial charge in [-0.05, 0) is 39.4 Å². The van der Waals surface area contributed by atoms with Gasteiger partial charge in [-0.15, -0.1) is 0 Å². The largest absolute Gasteiger partial charge is 0.301 e. The Kier molecular flexibility index (Phi) is 5.84. The van der Waals surface area contributed by atoms with Crippen LogP contribution in [-0.4, -0.2) is 29.8 Å². The molecule has 106 valence electrons. The standard InChI is InChI=1S/C15H21Cl2NO/c1-5-15(2,3)18(4)10-9-13(19)11-7-6-8-12(16)14(11)17/h6-8H,5,9-10H2,1-4H3. The zero-order valence-electron chi connectivity index (χ0n) is 12.0. The fraction of sp³-hybridized carbons (Fsp3) is 0.533. The molecule has 0 atom stereocenters. The van der Waals surface area contributed by atoms with Crippen LogP contribution in [0.5, 0.6) is 0 Å². The predicted octanol–water partition coefficient (Wildman–Crippen LogP) is 4.69. The van der Waals surface area contributed by atoms with Crippen LogP contribution in [0.1, 0.15) is 44.0 Å². The van der Waals surface area contributed by atoms with Crippen molar-refractivity contribution >= 4 is 29.0 Å². The third-order valence-electron chi connectivity index (χ3n) is 3.82. The lowest BCUT2D eigenvalue weighted by molar-refractivity contribution is 0.0929. The maximum Gasteiger partial charge on any atom is 0.165 e. The molecule has 0 aromatic heterocycles. The minimum absolute atomic E-state index is 0.0336. The molecular weight excluding hydrogens is 281 g/mol. The molecule has 1 rings (SSSR count). The second-order valence-corrected chi connectivity index (χ2v) is 6.15. The molecular formula is C15H21Cl2NO. The Balaban J connectivity index is 2.69. The summed E-state index contributed by atoms with van der Waals surface area (Å²) in [6, 6.07) is 5.16. The molecule has 0 aliphatic carbocycles. The van der Waals surface area contributed by atoms with E-state index in [4.69, 9.17) is 23.2 Å². The summed E-state index contributed by atoms with van der Waals surface area (Å²) < 4.78 is 0. The van der Waals surface area contributed by atoms with Crippen LogP contribution in [0, 0.1) is 0 Å². The summed E-state index contributed by atoms with van der Waals surface area (Å²) in [5.41, 5.74) is 0.607. The average molecular weight is 302 g/mol. The molecule has 0 radical (unpaired) electrons. The van der Waals surface area contributed by atoms with Crippen molar-refractivity contribution < 1.29 is 4.79 Å². The van der Waals surface area contributed by atoms with Gasteiger partial charge < -0.3 is 4.90 Å². The maximum atomic E-state index is 12.2. The van der Waals surface area contributed by atoms with Crippen LogP contribution >= 0.6 is 23.2 Å². The SMILES string of the molecule is CCC(C)(C)N(C)CCC(=O)c1cccc(Cl)c1Cl. The van der Waals surface area contributed by atoms with Gasteiger partial charge in [0.2, 0.25) is 0 Å². The van der Waals surface area contributed by atoms with E-state index in [9.17, 15) is 4.79 Å². The van der Waals surface area contributed by atoms with Gasteiger partial charge in [0.1, 0.15) is 0 Å². The summed E-state index contributed by atoms with van der Waals surface area (Å²) in [6.45, 7) is 7.20. The predicted molar refractivity (Wildman–Crippen MR) is 82.4 cm³/mol. The van der Waals surface area contributed by atoms with E-state index in [0.29, 0.717) is 28.6 Å². The highest BCUT2D eigenvalue weighted by Gasteiger charge is 2.22. The van der Waals surface area contributed by atoms with Gasteiger partial charge in [-0.25, -0.2) is 0 Å². The number of hydrogen-bond donors (Lipinski definition) is 0. The van der Waals surface area contributed by atoms with E-state index in [0.717, 1.165) is 6.42 Å². The first-order valence-electron chi connectivity index (χ1n) is 6.48. The summed E-state index contributed by atoms with van der Waals surface area (Å²) in [5, 5.41) is 0.779. The van der Waals surface area contributed by atoms with Crippen molar-refractivity contribution in [2.45, 2.75) is 39.2 Å². The fourth-order valence-electron chi connectivity index (χ4n) is 1.70. The summed E-state index contributed by atoms with van der Waals surface area (Å²) in [7, 11) is 2.04. The third kappa shape index (κ3) is 4.20. The zero-order chi connectivity index (χ0) is 14.6. The highest BCUT2D eigenvalue weighted by atomic mass is 35.5. The van der Waals surface area contributed by atoms with Crippen LogP contribution in [0.2, 0.25) is 10.0 Å². The van der Waals surface area contributed by atoms with Crippen molar-refractivity contribution in [1.29, 1.82) is 0 Å². The highest BCUT2D eigenvalue weighted by Crippen LogP contribution is 2.26. The second-order valence-electron chi connectivity index (χ2n) is 5.36. The third-order valence-corrected chi connectivity index (χ3v) is 4.64. The lowest BCUT2D eigenvalue weighted by Gasteiger charge is -2.34. The Morgan fingerprint density at radius 3 is 2.53 bits per heavy atom. The molecule has 0 aliphatic heterocycles. The molecule has 4 heteroatoms. The van der Waals surface area contributed by atoms with Crippen molar-refractivity contribution in [3.8, 4) is 0 Å². The maximum absolute atomic E-state index is 12.2. The molecule has 0 heterocycles. The first kappa shape index (κ1) is 16.5. The van der Waals surface area contributed by atoms with Gasteiger partial charge in [-0.1, -0.05) is 36.2 Å². The summed E-state index contributed by atoms with van der Waals surface area (Å²) in [6.07, 6.45) is 1.48. The molecule has 0 spiro atoms. The van der Waals surface area contributed by atoms with E-state index in [-0.39, 0.29) is 11.3 Å². The highest BCUT2D eigenvalue weighted by molar-refractivity contribution is 6.43. The number of rotatable bonds is 6. The van der Waals surface area contributed by atoms with E-state index in [1.807, 2.05) is 7.05 Å². The van der Waals surface area contributed by atoms with Crippen molar-refractivity contribution in [1.82, 2.24) is 4.90 Å². The van der Waals surface area contributed by atoms with E-state index < -0.39 is 0 Å². The van der Waals surface area contributed by atoms with Crippen LogP contribution < -0.4 is 0 Å². The molecule has 0 saturated carbocycles. The number of hydrogen-bond acceptors (Lipinski definition) is 2. The number of ketones is 1. The van der Waals surface area contributed by atoms with Crippen molar-refractivity contribution in [2.24, 2.45) is 0 Å². The van der Waals surface area contributed by atoms with Crippen molar-refractivity contribution in [3.63, 3.8) is 0 Å². The molecule has 0 unspecified atom stereocenters. The molecule has 0 bridgehead atoms. The zero-order valence-corrected chi connectivity index (χ0v) is 13.5. The molecule has 0 amide bonds. The first-order valence-corrected chi connectivity index (χ1v) is 7.23. The topological polar surface area (TPSA) is 20.3 Å². The molecule has 0 saturated heterocycles. The summed E-state index contributed by atoms with van der Waals surface area (Å²) in [4.78, 5) is 14.4. The van der Waals surface area contributed by atoms with E-state index in [2.05, 4.69) is 25.7 Å². The normalized spacial score (nSPS) is 11.9. The van der Waals surface area contributed by atoms with Gasteiger partial charge in [0.25, 0.3) is 0 Å². The smallest absolute Gasteiger partial charge is 0.165 e. The van der Waals surface area contributed by atoms with Crippen LogP contribution in [0.4, 0.5) is 0 Å². The van der Waals surface area contributed by atoms with Crippen LogP contribution in [-0.2, 0) is 0 Å². The van der Waals surface area contributed by atoms with Crippen molar-refractivity contribution in [3.05, 3.63) is 33.8 Å². The second kappa shape index (κ2) is 6.74. The van der Waals surface area contributed by atoms with E-state index >= 15 is 0 Å². The number of halogens is 2. The molecule has 2 nitrogen and oxygen atoms in total. The van der Waals surface area contributed by atoms with Gasteiger partial charge in [0.15, 0.2) is 5.78 Å². The number of carbonyl (C=O) groups is 1. The molecule has 1 aromatic rings. The Labute approximate surface area is 125 Å². The van der Waals surface area contributed by atoms with E-state index in [1.54, 1.807) is 18.2 Å². The van der Waals surface area contributed by atoms with Crippen molar-refractivity contribution in [2.75, 3.05) is 13.6 Å².